The van der Waals surface area contributed by atoms with E-state index >= 15 is 0 Å². The summed E-state index contributed by atoms with van der Waals surface area (Å²) < 4.78 is 13.4. The maximum Gasteiger partial charge on any atom is 0.345 e. The van der Waals surface area contributed by atoms with Crippen molar-refractivity contribution in [2.24, 2.45) is 0 Å². The van der Waals surface area contributed by atoms with Crippen LogP contribution in [0.5, 0.6) is 0 Å². The molecule has 0 saturated carbocycles. The Labute approximate surface area is 120 Å². The van der Waals surface area contributed by atoms with Gasteiger partial charge >= 0.3 is 11.7 Å². The molecule has 2 aromatic rings. The third-order valence-electron chi connectivity index (χ3n) is 2.44. The van der Waals surface area contributed by atoms with E-state index in [9.17, 15) is 24.1 Å². The molecule has 0 atom stereocenters. The molecule has 0 bridgehead atoms. The van der Waals surface area contributed by atoms with E-state index in [1.807, 2.05) is 0 Å². The van der Waals surface area contributed by atoms with E-state index in [4.69, 9.17) is 5.11 Å². The van der Waals surface area contributed by atoms with Gasteiger partial charge in [-0.1, -0.05) is 0 Å². The Balaban J connectivity index is 2.17. The molecule has 0 saturated heterocycles. The van der Waals surface area contributed by atoms with Crippen molar-refractivity contribution in [1.82, 2.24) is 0 Å². The number of halogens is 1. The lowest BCUT2D eigenvalue weighted by atomic mass is 10.2. The number of carbonyl (C=O) groups excluding carboxylic acids is 1. The van der Waals surface area contributed by atoms with Crippen molar-refractivity contribution < 1.29 is 24.0 Å². The molecule has 2 rings (SSSR count). The SMILES string of the molecule is O=C(O)c1ccc(C(=O)Nc2ccc([N+](=O)[O-])c(F)c2)s1. The summed E-state index contributed by atoms with van der Waals surface area (Å²) in [5, 5.41) is 21.6. The highest BCUT2D eigenvalue weighted by atomic mass is 32.1. The normalized spacial score (nSPS) is 10.1. The first-order chi connectivity index (χ1) is 9.88. The second-order valence-electron chi connectivity index (χ2n) is 3.85. The van der Waals surface area contributed by atoms with E-state index in [0.29, 0.717) is 0 Å². The van der Waals surface area contributed by atoms with Crippen LogP contribution in [0.2, 0.25) is 0 Å². The number of amides is 1. The Hall–Kier alpha value is -2.81. The molecule has 0 spiro atoms. The highest BCUT2D eigenvalue weighted by Gasteiger charge is 2.16. The van der Waals surface area contributed by atoms with Crippen molar-refractivity contribution in [3.63, 3.8) is 0 Å². The number of hydrogen-bond acceptors (Lipinski definition) is 5. The number of carbonyl (C=O) groups is 2. The quantitative estimate of drug-likeness (QED) is 0.666. The maximum absolute atomic E-state index is 13.4. The minimum Gasteiger partial charge on any atom is -0.477 e. The van der Waals surface area contributed by atoms with E-state index in [1.54, 1.807) is 0 Å². The Morgan fingerprint density at radius 2 is 1.90 bits per heavy atom. The summed E-state index contributed by atoms with van der Waals surface area (Å²) in [7, 11) is 0. The smallest absolute Gasteiger partial charge is 0.345 e. The van der Waals surface area contributed by atoms with Gasteiger partial charge in [0.15, 0.2) is 0 Å². The van der Waals surface area contributed by atoms with E-state index < -0.39 is 28.3 Å². The molecule has 1 amide bonds. The molecule has 1 aromatic carbocycles. The van der Waals surface area contributed by atoms with E-state index in [-0.39, 0.29) is 15.4 Å². The van der Waals surface area contributed by atoms with E-state index in [1.165, 1.54) is 18.2 Å². The van der Waals surface area contributed by atoms with Crippen LogP contribution < -0.4 is 5.32 Å². The first-order valence-corrected chi connectivity index (χ1v) is 6.28. The molecule has 0 aliphatic carbocycles. The van der Waals surface area contributed by atoms with Gasteiger partial charge in [0.05, 0.1) is 9.80 Å². The van der Waals surface area contributed by atoms with Crippen LogP contribution in [0, 0.1) is 15.9 Å². The minimum absolute atomic E-state index is 0.00460. The van der Waals surface area contributed by atoms with E-state index in [2.05, 4.69) is 5.32 Å². The summed E-state index contributed by atoms with van der Waals surface area (Å²) >= 11 is 0.767. The van der Waals surface area contributed by atoms with E-state index in [0.717, 1.165) is 23.5 Å². The first kappa shape index (κ1) is 14.6. The molecule has 1 heterocycles. The summed E-state index contributed by atoms with van der Waals surface area (Å²) in [4.78, 5) is 32.3. The van der Waals surface area contributed by atoms with Gasteiger partial charge < -0.3 is 10.4 Å². The van der Waals surface area contributed by atoms with Gasteiger partial charge in [0.2, 0.25) is 5.82 Å². The monoisotopic (exact) mass is 310 g/mol. The van der Waals surface area contributed by atoms with Gasteiger partial charge in [-0.15, -0.1) is 11.3 Å². The van der Waals surface area contributed by atoms with Crippen molar-refractivity contribution in [3.05, 3.63) is 56.0 Å². The molecule has 0 radical (unpaired) electrons. The number of hydrogen-bond donors (Lipinski definition) is 2. The average Bonchev–Trinajstić information content (AvgIpc) is 2.88. The van der Waals surface area contributed by atoms with Crippen LogP contribution >= 0.6 is 11.3 Å². The molecular formula is C12H7FN2O5S. The molecule has 7 nitrogen and oxygen atoms in total. The molecule has 108 valence electrons. The number of carboxylic acids is 1. The van der Waals surface area contributed by atoms with Crippen LogP contribution in [0.25, 0.3) is 0 Å². The standard InChI is InChI=1S/C12H7FN2O5S/c13-7-5-6(1-2-8(7)15(19)20)14-11(16)9-3-4-10(21-9)12(17)18/h1-5H,(H,14,16)(H,17,18). The lowest BCUT2D eigenvalue weighted by Gasteiger charge is -2.03. The number of thiophene rings is 1. The zero-order chi connectivity index (χ0) is 15.6. The Morgan fingerprint density at radius 3 is 2.43 bits per heavy atom. The number of nitrogens with zero attached hydrogens (tertiary/aromatic N) is 1. The number of rotatable bonds is 4. The van der Waals surface area contributed by atoms with Gasteiger partial charge in [-0.2, -0.15) is 4.39 Å². The Bertz CT molecular complexity index is 743. The van der Waals surface area contributed by atoms with Crippen molar-refractivity contribution in [1.29, 1.82) is 0 Å². The van der Waals surface area contributed by atoms with Crippen LogP contribution in [0.4, 0.5) is 15.8 Å². The largest absolute Gasteiger partial charge is 0.477 e. The lowest BCUT2D eigenvalue weighted by Crippen LogP contribution is -2.10. The van der Waals surface area contributed by atoms with Gasteiger partial charge in [0.25, 0.3) is 5.91 Å². The fraction of sp³-hybridized carbons (Fsp3) is 0. The number of aromatic carboxylic acids is 1. The van der Waals surface area contributed by atoms with Crippen LogP contribution in [0.3, 0.4) is 0 Å². The number of anilines is 1. The third-order valence-corrected chi connectivity index (χ3v) is 3.51. The van der Waals surface area contributed by atoms with Gasteiger partial charge in [-0.25, -0.2) is 4.79 Å². The number of nitrogens with one attached hydrogen (secondary N) is 1. The van der Waals surface area contributed by atoms with Crippen molar-refractivity contribution in [3.8, 4) is 0 Å². The van der Waals surface area contributed by atoms with Gasteiger partial charge in [-0.05, 0) is 18.2 Å². The molecule has 9 heteroatoms. The molecule has 1 aromatic heterocycles. The van der Waals surface area contributed by atoms with Crippen LogP contribution in [-0.2, 0) is 0 Å². The van der Waals surface area contributed by atoms with Crippen molar-refractivity contribution in [2.75, 3.05) is 5.32 Å². The van der Waals surface area contributed by atoms with Gasteiger partial charge in [0.1, 0.15) is 4.88 Å². The zero-order valence-electron chi connectivity index (χ0n) is 10.2. The second-order valence-corrected chi connectivity index (χ2v) is 4.93. The number of nitro groups is 1. The Morgan fingerprint density at radius 1 is 1.24 bits per heavy atom. The minimum atomic E-state index is -1.15. The molecule has 0 aliphatic rings. The maximum atomic E-state index is 13.4. The van der Waals surface area contributed by atoms with Crippen LogP contribution in [0.15, 0.2) is 30.3 Å². The zero-order valence-corrected chi connectivity index (χ0v) is 11.0. The Kier molecular flexibility index (Phi) is 3.94. The predicted octanol–water partition coefficient (Wildman–Crippen LogP) is 2.75. The lowest BCUT2D eigenvalue weighted by molar-refractivity contribution is -0.387. The third kappa shape index (κ3) is 3.20. The summed E-state index contributed by atoms with van der Waals surface area (Å²) in [6.45, 7) is 0. The molecule has 0 fully saturated rings. The first-order valence-electron chi connectivity index (χ1n) is 5.47. The highest BCUT2D eigenvalue weighted by molar-refractivity contribution is 7.15. The van der Waals surface area contributed by atoms with Crippen LogP contribution in [-0.4, -0.2) is 21.9 Å². The fourth-order valence-electron chi connectivity index (χ4n) is 1.50. The topological polar surface area (TPSA) is 110 Å². The summed E-state index contributed by atoms with van der Waals surface area (Å²) in [6, 6.07) is 5.54. The van der Waals surface area contributed by atoms with Gasteiger partial charge in [-0.3, -0.25) is 14.9 Å². The number of carboxylic acid groups (broad SMARTS) is 1. The van der Waals surface area contributed by atoms with Crippen LogP contribution in [0.1, 0.15) is 19.3 Å². The number of nitro benzene ring substituents is 1. The molecule has 0 aliphatic heterocycles. The van der Waals surface area contributed by atoms with Gasteiger partial charge in [0, 0.05) is 17.8 Å². The van der Waals surface area contributed by atoms with Crippen molar-refractivity contribution in [2.45, 2.75) is 0 Å². The summed E-state index contributed by atoms with van der Waals surface area (Å²) in [5.41, 5.74) is -0.661. The second kappa shape index (κ2) is 5.67. The summed E-state index contributed by atoms with van der Waals surface area (Å²) in [5.74, 6) is -2.85. The summed E-state index contributed by atoms with van der Waals surface area (Å²) in [6.07, 6.45) is 0. The molecule has 2 N–H and O–H groups in total. The highest BCUT2D eigenvalue weighted by Crippen LogP contribution is 2.22. The number of benzene rings is 1. The average molecular weight is 310 g/mol. The predicted molar refractivity (Wildman–Crippen MR) is 72.3 cm³/mol. The molecule has 0 unspecified atom stereocenters. The molecule has 21 heavy (non-hydrogen) atoms. The van der Waals surface area contributed by atoms with Crippen molar-refractivity contribution >= 4 is 34.6 Å². The molecular weight excluding hydrogens is 303 g/mol. The fourth-order valence-corrected chi connectivity index (χ4v) is 2.24.